The number of nitrogens with one attached hydrogen (secondary N) is 1. The monoisotopic (exact) mass is 177 g/mol. The normalized spacial score (nSPS) is 11.0. The van der Waals surface area contributed by atoms with Crippen molar-refractivity contribution in [3.05, 3.63) is 0 Å². The molecule has 0 radical (unpaired) electrons. The van der Waals surface area contributed by atoms with Crippen LogP contribution in [-0.2, 0) is 4.74 Å². The number of hydrogen-bond acceptors (Lipinski definition) is 2. The van der Waals surface area contributed by atoms with E-state index < -0.39 is 0 Å². The van der Waals surface area contributed by atoms with Gasteiger partial charge in [0.1, 0.15) is 0 Å². The molecule has 0 heterocycles. The topological polar surface area (TPSA) is 21.3 Å². The highest BCUT2D eigenvalue weighted by Gasteiger charge is 1.92. The summed E-state index contributed by atoms with van der Waals surface area (Å²) in [4.78, 5) is 0. The molecule has 0 unspecified atom stereocenters. The average molecular weight is 177 g/mol. The van der Waals surface area contributed by atoms with E-state index in [1.165, 1.54) is 0 Å². The van der Waals surface area contributed by atoms with Crippen molar-refractivity contribution < 1.29 is 9.13 Å². The van der Waals surface area contributed by atoms with Crippen LogP contribution in [0.3, 0.4) is 0 Å². The molecular formula is C9H20FNO. The van der Waals surface area contributed by atoms with E-state index in [0.717, 1.165) is 26.3 Å². The van der Waals surface area contributed by atoms with E-state index in [1.54, 1.807) is 0 Å². The van der Waals surface area contributed by atoms with Crippen molar-refractivity contribution in [3.63, 3.8) is 0 Å². The molecule has 0 atom stereocenters. The number of ether oxygens (including phenoxy) is 1. The highest BCUT2D eigenvalue weighted by atomic mass is 19.1. The molecule has 0 aromatic heterocycles. The van der Waals surface area contributed by atoms with Crippen molar-refractivity contribution in [2.75, 3.05) is 33.0 Å². The molecule has 74 valence electrons. The lowest BCUT2D eigenvalue weighted by atomic mass is 10.2. The van der Waals surface area contributed by atoms with Gasteiger partial charge in [-0.3, -0.25) is 4.39 Å². The Morgan fingerprint density at radius 2 is 2.08 bits per heavy atom. The average Bonchev–Trinajstić information content (AvgIpc) is 2.02. The maximum absolute atomic E-state index is 11.6. The zero-order valence-corrected chi connectivity index (χ0v) is 8.11. The Morgan fingerprint density at radius 1 is 1.33 bits per heavy atom. The minimum absolute atomic E-state index is 0.236. The number of alkyl halides is 1. The molecule has 12 heavy (non-hydrogen) atoms. The molecule has 0 fully saturated rings. The summed E-state index contributed by atoms with van der Waals surface area (Å²) in [6.45, 7) is 7.12. The van der Waals surface area contributed by atoms with Crippen LogP contribution in [-0.4, -0.2) is 33.0 Å². The highest BCUT2D eigenvalue weighted by molar-refractivity contribution is 4.46. The minimum Gasteiger partial charge on any atom is -0.380 e. The molecule has 0 aliphatic carbocycles. The second-order valence-electron chi connectivity index (χ2n) is 3.26. The van der Waals surface area contributed by atoms with E-state index in [4.69, 9.17) is 4.74 Å². The van der Waals surface area contributed by atoms with Gasteiger partial charge in [-0.25, -0.2) is 0 Å². The Bertz CT molecular complexity index is 88.6. The Balaban J connectivity index is 2.82. The van der Waals surface area contributed by atoms with Crippen molar-refractivity contribution >= 4 is 0 Å². The zero-order chi connectivity index (χ0) is 9.23. The van der Waals surface area contributed by atoms with Gasteiger partial charge in [-0.05, 0) is 18.9 Å². The van der Waals surface area contributed by atoms with Gasteiger partial charge in [0, 0.05) is 13.2 Å². The number of halogens is 1. The molecule has 0 rings (SSSR count). The molecule has 0 saturated heterocycles. The van der Waals surface area contributed by atoms with Crippen LogP contribution in [0.4, 0.5) is 4.39 Å². The highest BCUT2D eigenvalue weighted by Crippen LogP contribution is 1.90. The van der Waals surface area contributed by atoms with Gasteiger partial charge in [0.2, 0.25) is 0 Å². The summed E-state index contributed by atoms with van der Waals surface area (Å²) in [5, 5.41) is 3.10. The maximum Gasteiger partial charge on any atom is 0.0906 e. The van der Waals surface area contributed by atoms with E-state index in [9.17, 15) is 4.39 Å². The van der Waals surface area contributed by atoms with Crippen LogP contribution in [0.5, 0.6) is 0 Å². The first-order chi connectivity index (χ1) is 5.77. The van der Waals surface area contributed by atoms with E-state index in [1.807, 2.05) is 0 Å². The summed E-state index contributed by atoms with van der Waals surface area (Å²) in [6.07, 6.45) is 0.601. The van der Waals surface area contributed by atoms with E-state index >= 15 is 0 Å². The largest absolute Gasteiger partial charge is 0.380 e. The molecule has 0 amide bonds. The van der Waals surface area contributed by atoms with Gasteiger partial charge >= 0.3 is 0 Å². The SMILES string of the molecule is CC(C)COCCNCCCF. The van der Waals surface area contributed by atoms with Crippen LogP contribution in [0, 0.1) is 5.92 Å². The van der Waals surface area contributed by atoms with Crippen LogP contribution in [0.15, 0.2) is 0 Å². The lowest BCUT2D eigenvalue weighted by Crippen LogP contribution is -2.21. The van der Waals surface area contributed by atoms with Gasteiger partial charge in [0.25, 0.3) is 0 Å². The third-order valence-electron chi connectivity index (χ3n) is 1.36. The third-order valence-corrected chi connectivity index (χ3v) is 1.36. The number of rotatable bonds is 8. The fourth-order valence-corrected chi connectivity index (χ4v) is 0.780. The van der Waals surface area contributed by atoms with Crippen LogP contribution in [0.25, 0.3) is 0 Å². The smallest absolute Gasteiger partial charge is 0.0906 e. The summed E-state index contributed by atoms with van der Waals surface area (Å²) < 4.78 is 16.9. The second-order valence-corrected chi connectivity index (χ2v) is 3.26. The predicted octanol–water partition coefficient (Wildman–Crippen LogP) is 1.61. The fraction of sp³-hybridized carbons (Fsp3) is 1.00. The van der Waals surface area contributed by atoms with E-state index in [-0.39, 0.29) is 6.67 Å². The van der Waals surface area contributed by atoms with Gasteiger partial charge < -0.3 is 10.1 Å². The first-order valence-electron chi connectivity index (χ1n) is 4.61. The molecule has 0 spiro atoms. The molecule has 0 aliphatic heterocycles. The van der Waals surface area contributed by atoms with E-state index in [2.05, 4.69) is 19.2 Å². The summed E-state index contributed by atoms with van der Waals surface area (Å²) in [6, 6.07) is 0. The molecule has 3 heteroatoms. The summed E-state index contributed by atoms with van der Waals surface area (Å²) in [5.74, 6) is 0.593. The van der Waals surface area contributed by atoms with Crippen molar-refractivity contribution in [3.8, 4) is 0 Å². The molecule has 2 nitrogen and oxygen atoms in total. The lowest BCUT2D eigenvalue weighted by Gasteiger charge is -2.06. The van der Waals surface area contributed by atoms with Gasteiger partial charge in [-0.1, -0.05) is 13.8 Å². The van der Waals surface area contributed by atoms with Gasteiger partial charge in [0.15, 0.2) is 0 Å². The molecule has 0 aromatic rings. The second kappa shape index (κ2) is 8.94. The Kier molecular flexibility index (Phi) is 8.83. The van der Waals surface area contributed by atoms with Crippen LogP contribution < -0.4 is 5.32 Å². The molecular weight excluding hydrogens is 157 g/mol. The molecule has 1 N–H and O–H groups in total. The standard InChI is InChI=1S/C9H20FNO/c1-9(2)8-12-7-6-11-5-3-4-10/h9,11H,3-8H2,1-2H3. The third kappa shape index (κ3) is 9.85. The lowest BCUT2D eigenvalue weighted by molar-refractivity contribution is 0.112. The first kappa shape index (κ1) is 11.8. The zero-order valence-electron chi connectivity index (χ0n) is 8.11. The molecule has 0 aliphatic rings. The van der Waals surface area contributed by atoms with Crippen molar-refractivity contribution in [2.45, 2.75) is 20.3 Å². The quantitative estimate of drug-likeness (QED) is 0.569. The van der Waals surface area contributed by atoms with Crippen molar-refractivity contribution in [1.29, 1.82) is 0 Å². The van der Waals surface area contributed by atoms with Gasteiger partial charge in [-0.15, -0.1) is 0 Å². The fourth-order valence-electron chi connectivity index (χ4n) is 0.780. The van der Waals surface area contributed by atoms with Crippen molar-refractivity contribution in [2.24, 2.45) is 5.92 Å². The summed E-state index contributed by atoms with van der Waals surface area (Å²) in [5.41, 5.74) is 0. The first-order valence-corrected chi connectivity index (χ1v) is 4.61. The molecule has 0 aromatic carbocycles. The van der Waals surface area contributed by atoms with E-state index in [0.29, 0.717) is 12.3 Å². The van der Waals surface area contributed by atoms with Crippen LogP contribution >= 0.6 is 0 Å². The Labute approximate surface area is 74.5 Å². The van der Waals surface area contributed by atoms with Crippen molar-refractivity contribution in [1.82, 2.24) is 5.32 Å². The molecule has 0 saturated carbocycles. The van der Waals surface area contributed by atoms with Gasteiger partial charge in [-0.2, -0.15) is 0 Å². The summed E-state index contributed by atoms with van der Waals surface area (Å²) >= 11 is 0. The minimum atomic E-state index is -0.236. The predicted molar refractivity (Wildman–Crippen MR) is 49.1 cm³/mol. The Hall–Kier alpha value is -0.150. The van der Waals surface area contributed by atoms with Crippen LogP contribution in [0.1, 0.15) is 20.3 Å². The number of hydrogen-bond donors (Lipinski definition) is 1. The maximum atomic E-state index is 11.6. The van der Waals surface area contributed by atoms with Gasteiger partial charge in [0.05, 0.1) is 13.3 Å². The summed E-state index contributed by atoms with van der Waals surface area (Å²) in [7, 11) is 0. The Morgan fingerprint density at radius 3 is 2.67 bits per heavy atom. The molecule has 0 bridgehead atoms. The van der Waals surface area contributed by atoms with Crippen LogP contribution in [0.2, 0.25) is 0 Å².